The number of pyridine rings is 1. The maximum Gasteiger partial charge on any atom is 0.495 e. The Kier molecular flexibility index (Phi) is 3.58. The number of aryl methyl sites for hydroxylation is 2. The van der Waals surface area contributed by atoms with E-state index >= 15 is 0 Å². The van der Waals surface area contributed by atoms with E-state index in [1.165, 1.54) is 10.6 Å². The molecule has 0 aromatic carbocycles. The van der Waals surface area contributed by atoms with Crippen molar-refractivity contribution < 1.29 is 13.7 Å². The summed E-state index contributed by atoms with van der Waals surface area (Å²) in [5.41, 5.74) is 2.01. The number of hydrogen-bond donors (Lipinski definition) is 0. The number of fused-ring (bicyclic) bond motifs is 1. The normalized spacial score (nSPS) is 18.8. The van der Waals surface area contributed by atoms with Crippen molar-refractivity contribution in [1.82, 2.24) is 19.2 Å². The van der Waals surface area contributed by atoms with Crippen LogP contribution in [0.3, 0.4) is 0 Å². The van der Waals surface area contributed by atoms with Gasteiger partial charge in [0, 0.05) is 11.4 Å². The van der Waals surface area contributed by atoms with Gasteiger partial charge in [0.2, 0.25) is 5.95 Å². The summed E-state index contributed by atoms with van der Waals surface area (Å²) < 4.78 is 29.8. The summed E-state index contributed by atoms with van der Waals surface area (Å²) in [4.78, 5) is 4.51. The van der Waals surface area contributed by atoms with Gasteiger partial charge >= 0.3 is 7.12 Å². The average molecular weight is 356 g/mol. The highest BCUT2D eigenvalue weighted by atomic mass is 19.1. The molecule has 0 unspecified atom stereocenters. The SMILES string of the molecule is Cc1ccc(C)n1-c1nc2cc(B3OC(C)(C)C(C)(C)O3)cc(F)n2n1. The highest BCUT2D eigenvalue weighted by molar-refractivity contribution is 6.62. The van der Waals surface area contributed by atoms with Gasteiger partial charge in [-0.25, -0.2) is 0 Å². The first-order chi connectivity index (χ1) is 12.1. The summed E-state index contributed by atoms with van der Waals surface area (Å²) in [5, 5.41) is 4.31. The molecule has 136 valence electrons. The number of hydrogen-bond acceptors (Lipinski definition) is 4. The van der Waals surface area contributed by atoms with E-state index < -0.39 is 24.3 Å². The second kappa shape index (κ2) is 5.41. The fourth-order valence-corrected chi connectivity index (χ4v) is 3.15. The molecule has 6 nitrogen and oxygen atoms in total. The molecular weight excluding hydrogens is 334 g/mol. The second-order valence-electron chi connectivity index (χ2n) is 7.83. The molecule has 0 radical (unpaired) electrons. The van der Waals surface area contributed by atoms with E-state index in [1.54, 1.807) is 6.07 Å². The van der Waals surface area contributed by atoms with Crippen LogP contribution in [-0.2, 0) is 9.31 Å². The molecule has 0 bridgehead atoms. The zero-order chi connectivity index (χ0) is 18.9. The van der Waals surface area contributed by atoms with Gasteiger partial charge in [-0.05, 0) is 71.3 Å². The van der Waals surface area contributed by atoms with Crippen LogP contribution in [-0.4, -0.2) is 37.5 Å². The predicted octanol–water partition coefficient (Wildman–Crippen LogP) is 2.58. The van der Waals surface area contributed by atoms with Gasteiger partial charge < -0.3 is 9.31 Å². The third-order valence-corrected chi connectivity index (χ3v) is 5.40. The molecule has 0 amide bonds. The van der Waals surface area contributed by atoms with Crippen LogP contribution in [0.2, 0.25) is 0 Å². The summed E-state index contributed by atoms with van der Waals surface area (Å²) in [6.45, 7) is 11.8. The van der Waals surface area contributed by atoms with Gasteiger partial charge in [-0.2, -0.15) is 13.9 Å². The van der Waals surface area contributed by atoms with Crippen molar-refractivity contribution in [2.24, 2.45) is 0 Å². The zero-order valence-corrected chi connectivity index (χ0v) is 15.9. The molecule has 1 fully saturated rings. The van der Waals surface area contributed by atoms with Gasteiger partial charge in [0.25, 0.3) is 5.95 Å². The molecule has 0 N–H and O–H groups in total. The molecule has 0 saturated carbocycles. The van der Waals surface area contributed by atoms with Gasteiger partial charge in [0.05, 0.1) is 11.2 Å². The Bertz CT molecular complexity index is 973. The first-order valence-electron chi connectivity index (χ1n) is 8.66. The van der Waals surface area contributed by atoms with Crippen LogP contribution in [0, 0.1) is 19.8 Å². The lowest BCUT2D eigenvalue weighted by Gasteiger charge is -2.32. The Morgan fingerprint density at radius 2 is 1.58 bits per heavy atom. The van der Waals surface area contributed by atoms with Crippen molar-refractivity contribution in [3.63, 3.8) is 0 Å². The van der Waals surface area contributed by atoms with E-state index in [0.717, 1.165) is 11.4 Å². The molecule has 1 saturated heterocycles. The molecule has 1 aliphatic heterocycles. The molecular formula is C18H22BFN4O2. The van der Waals surface area contributed by atoms with Gasteiger partial charge in [0.1, 0.15) is 0 Å². The van der Waals surface area contributed by atoms with E-state index in [4.69, 9.17) is 9.31 Å². The molecule has 3 aromatic rings. The summed E-state index contributed by atoms with van der Waals surface area (Å²) in [7, 11) is -0.644. The van der Waals surface area contributed by atoms with E-state index in [1.807, 2.05) is 58.2 Å². The highest BCUT2D eigenvalue weighted by Gasteiger charge is 2.51. The minimum Gasteiger partial charge on any atom is -0.399 e. The summed E-state index contributed by atoms with van der Waals surface area (Å²) in [6, 6.07) is 7.11. The molecule has 26 heavy (non-hydrogen) atoms. The minimum atomic E-state index is -0.644. The van der Waals surface area contributed by atoms with Crippen molar-refractivity contribution in [2.75, 3.05) is 0 Å². The lowest BCUT2D eigenvalue weighted by molar-refractivity contribution is 0.00578. The molecule has 4 rings (SSSR count). The fraction of sp³-hybridized carbons (Fsp3) is 0.444. The monoisotopic (exact) mass is 356 g/mol. The van der Waals surface area contributed by atoms with Crippen molar-refractivity contribution in [1.29, 1.82) is 0 Å². The number of halogens is 1. The lowest BCUT2D eigenvalue weighted by Crippen LogP contribution is -2.41. The minimum absolute atomic E-state index is 0.414. The zero-order valence-electron chi connectivity index (χ0n) is 15.9. The molecule has 8 heteroatoms. The third-order valence-electron chi connectivity index (χ3n) is 5.40. The van der Waals surface area contributed by atoms with Gasteiger partial charge in [-0.3, -0.25) is 4.57 Å². The predicted molar refractivity (Wildman–Crippen MR) is 97.5 cm³/mol. The Morgan fingerprint density at radius 3 is 2.15 bits per heavy atom. The number of nitrogens with zero attached hydrogens (tertiary/aromatic N) is 4. The van der Waals surface area contributed by atoms with Crippen LogP contribution in [0.25, 0.3) is 11.6 Å². The first kappa shape index (κ1) is 17.2. The Balaban J connectivity index is 1.78. The van der Waals surface area contributed by atoms with E-state index in [2.05, 4.69) is 10.1 Å². The lowest BCUT2D eigenvalue weighted by atomic mass is 9.80. The average Bonchev–Trinajstić information content (AvgIpc) is 3.14. The number of rotatable bonds is 2. The van der Waals surface area contributed by atoms with Crippen molar-refractivity contribution in [2.45, 2.75) is 52.7 Å². The van der Waals surface area contributed by atoms with Crippen LogP contribution in [0.15, 0.2) is 24.3 Å². The van der Waals surface area contributed by atoms with E-state index in [9.17, 15) is 4.39 Å². The molecule has 0 atom stereocenters. The Labute approximate surface area is 152 Å². The molecule has 3 aromatic heterocycles. The first-order valence-corrected chi connectivity index (χ1v) is 8.66. The van der Waals surface area contributed by atoms with Crippen LogP contribution in [0.4, 0.5) is 4.39 Å². The Hall–Kier alpha value is -2.19. The van der Waals surface area contributed by atoms with Crippen molar-refractivity contribution >= 4 is 18.2 Å². The van der Waals surface area contributed by atoms with E-state index in [-0.39, 0.29) is 0 Å². The third kappa shape index (κ3) is 2.47. The van der Waals surface area contributed by atoms with Gasteiger partial charge in [-0.15, -0.1) is 5.10 Å². The highest BCUT2D eigenvalue weighted by Crippen LogP contribution is 2.36. The maximum absolute atomic E-state index is 14.7. The quantitative estimate of drug-likeness (QED) is 0.523. The van der Waals surface area contributed by atoms with Crippen LogP contribution in [0.1, 0.15) is 39.1 Å². The summed E-state index contributed by atoms with van der Waals surface area (Å²) in [5.74, 6) is -0.0663. The standard InChI is InChI=1S/C18H22BFN4O2/c1-11-7-8-12(2)23(11)16-21-15-10-13(9-14(20)24(15)22-16)19-25-17(3,4)18(5,6)26-19/h7-10H,1-6H3. The van der Waals surface area contributed by atoms with E-state index in [0.29, 0.717) is 17.1 Å². The van der Waals surface area contributed by atoms with Crippen LogP contribution in [0.5, 0.6) is 0 Å². The summed E-state index contributed by atoms with van der Waals surface area (Å²) in [6.07, 6.45) is 0. The smallest absolute Gasteiger partial charge is 0.399 e. The molecule has 0 spiro atoms. The topological polar surface area (TPSA) is 53.6 Å². The fourth-order valence-electron chi connectivity index (χ4n) is 3.15. The van der Waals surface area contributed by atoms with Crippen LogP contribution >= 0.6 is 0 Å². The van der Waals surface area contributed by atoms with Gasteiger partial charge in [-0.1, -0.05) is 0 Å². The van der Waals surface area contributed by atoms with Gasteiger partial charge in [0.15, 0.2) is 5.65 Å². The van der Waals surface area contributed by atoms with Crippen LogP contribution < -0.4 is 5.46 Å². The Morgan fingerprint density at radius 1 is 1.00 bits per heavy atom. The molecule has 4 heterocycles. The maximum atomic E-state index is 14.7. The molecule has 1 aliphatic rings. The van der Waals surface area contributed by atoms with Crippen molar-refractivity contribution in [3.05, 3.63) is 41.6 Å². The van der Waals surface area contributed by atoms with Crippen molar-refractivity contribution in [3.8, 4) is 5.95 Å². The summed E-state index contributed by atoms with van der Waals surface area (Å²) >= 11 is 0. The molecule has 0 aliphatic carbocycles. The second-order valence-corrected chi connectivity index (χ2v) is 7.83. The number of aromatic nitrogens is 4. The largest absolute Gasteiger partial charge is 0.495 e.